The first-order chi connectivity index (χ1) is 11.8. The molecule has 0 atom stereocenters. The first-order valence-electron chi connectivity index (χ1n) is 8.37. The van der Waals surface area contributed by atoms with Crippen LogP contribution in [0.2, 0.25) is 0 Å². The molecule has 2 N–H and O–H groups in total. The summed E-state index contributed by atoms with van der Waals surface area (Å²) in [6.07, 6.45) is 0.450. The molecule has 0 bridgehead atoms. The van der Waals surface area contributed by atoms with Crippen molar-refractivity contribution < 1.29 is 9.53 Å². The summed E-state index contributed by atoms with van der Waals surface area (Å²) in [6.45, 7) is 2.84. The normalized spacial score (nSPS) is 10.3. The standard InChI is InChI=1S/C20H26N2O2.ClH/c1-24-15-14-21-12-13-22-20(23)16-19(17-8-4-2-5-9-17)18-10-6-3-7-11-18;/h2-11,19,21H,12-16H2,1H3,(H,22,23);1H. The van der Waals surface area contributed by atoms with Crippen molar-refractivity contribution in [2.45, 2.75) is 12.3 Å². The highest BCUT2D eigenvalue weighted by molar-refractivity contribution is 5.85. The number of carbonyl (C=O) groups is 1. The molecule has 2 rings (SSSR count). The average molecular weight is 363 g/mol. The van der Waals surface area contributed by atoms with Crippen LogP contribution in [0.15, 0.2) is 60.7 Å². The van der Waals surface area contributed by atoms with Gasteiger partial charge in [0.15, 0.2) is 0 Å². The zero-order valence-corrected chi connectivity index (χ0v) is 15.4. The van der Waals surface area contributed by atoms with Gasteiger partial charge in [-0.05, 0) is 11.1 Å². The highest BCUT2D eigenvalue weighted by Gasteiger charge is 2.17. The monoisotopic (exact) mass is 362 g/mol. The van der Waals surface area contributed by atoms with Gasteiger partial charge < -0.3 is 15.4 Å². The maximum Gasteiger partial charge on any atom is 0.220 e. The summed E-state index contributed by atoms with van der Waals surface area (Å²) in [5.41, 5.74) is 2.33. The van der Waals surface area contributed by atoms with Crippen LogP contribution >= 0.6 is 12.4 Å². The summed E-state index contributed by atoms with van der Waals surface area (Å²) in [4.78, 5) is 12.3. The highest BCUT2D eigenvalue weighted by atomic mass is 35.5. The SMILES string of the molecule is COCCNCCNC(=O)CC(c1ccccc1)c1ccccc1.Cl. The largest absolute Gasteiger partial charge is 0.383 e. The Balaban J connectivity index is 0.00000312. The number of hydrogen-bond donors (Lipinski definition) is 2. The van der Waals surface area contributed by atoms with Gasteiger partial charge in [-0.2, -0.15) is 0 Å². The second-order valence-corrected chi connectivity index (χ2v) is 5.67. The van der Waals surface area contributed by atoms with Crippen LogP contribution in [-0.2, 0) is 9.53 Å². The van der Waals surface area contributed by atoms with Crippen LogP contribution in [0, 0.1) is 0 Å². The van der Waals surface area contributed by atoms with Gasteiger partial charge in [-0.15, -0.1) is 12.4 Å². The van der Waals surface area contributed by atoms with E-state index in [-0.39, 0.29) is 24.2 Å². The zero-order chi connectivity index (χ0) is 17.0. The summed E-state index contributed by atoms with van der Waals surface area (Å²) in [6, 6.07) is 20.4. The third-order valence-corrected chi connectivity index (χ3v) is 3.90. The molecule has 5 heteroatoms. The first kappa shape index (κ1) is 21.2. The fraction of sp³-hybridized carbons (Fsp3) is 0.350. The summed E-state index contributed by atoms with van der Waals surface area (Å²) in [7, 11) is 1.68. The summed E-state index contributed by atoms with van der Waals surface area (Å²) < 4.78 is 4.97. The molecule has 0 aliphatic carbocycles. The Hall–Kier alpha value is -1.88. The molecule has 0 fully saturated rings. The van der Waals surface area contributed by atoms with E-state index in [0.717, 1.165) is 24.2 Å². The molecule has 4 nitrogen and oxygen atoms in total. The number of benzene rings is 2. The summed E-state index contributed by atoms with van der Waals surface area (Å²) in [5.74, 6) is 0.148. The van der Waals surface area contributed by atoms with Gasteiger partial charge in [-0.25, -0.2) is 0 Å². The van der Waals surface area contributed by atoms with Crippen LogP contribution in [0.25, 0.3) is 0 Å². The molecule has 0 saturated heterocycles. The number of carbonyl (C=O) groups excluding carboxylic acids is 1. The molecule has 2 aromatic rings. The van der Waals surface area contributed by atoms with Gasteiger partial charge in [0.1, 0.15) is 0 Å². The van der Waals surface area contributed by atoms with Crippen LogP contribution < -0.4 is 10.6 Å². The molecule has 0 unspecified atom stereocenters. The lowest BCUT2D eigenvalue weighted by Gasteiger charge is -2.18. The van der Waals surface area contributed by atoms with Crippen LogP contribution in [0.5, 0.6) is 0 Å². The Morgan fingerprint density at radius 2 is 1.48 bits per heavy atom. The Bertz CT molecular complexity index is 554. The molecule has 1 amide bonds. The molecule has 0 spiro atoms. The number of methoxy groups -OCH3 is 1. The maximum absolute atomic E-state index is 12.3. The Kier molecular flexibility index (Phi) is 10.6. The Morgan fingerprint density at radius 3 is 2.00 bits per heavy atom. The van der Waals surface area contributed by atoms with Crippen LogP contribution in [-0.4, -0.2) is 39.3 Å². The van der Waals surface area contributed by atoms with Crippen molar-refractivity contribution in [3.8, 4) is 0 Å². The van der Waals surface area contributed by atoms with E-state index in [2.05, 4.69) is 34.9 Å². The van der Waals surface area contributed by atoms with Crippen molar-refractivity contribution in [2.24, 2.45) is 0 Å². The van der Waals surface area contributed by atoms with Crippen molar-refractivity contribution in [3.05, 3.63) is 71.8 Å². The van der Waals surface area contributed by atoms with E-state index in [1.165, 1.54) is 0 Å². The Labute approximate surface area is 156 Å². The van der Waals surface area contributed by atoms with Gasteiger partial charge in [-0.1, -0.05) is 60.7 Å². The van der Waals surface area contributed by atoms with Crippen LogP contribution in [0.3, 0.4) is 0 Å². The minimum atomic E-state index is 0. The number of halogens is 1. The van der Waals surface area contributed by atoms with Crippen LogP contribution in [0.1, 0.15) is 23.5 Å². The number of hydrogen-bond acceptors (Lipinski definition) is 3. The highest BCUT2D eigenvalue weighted by Crippen LogP contribution is 2.27. The molecule has 0 aromatic heterocycles. The lowest BCUT2D eigenvalue weighted by Crippen LogP contribution is -2.33. The molecule has 0 saturated carbocycles. The zero-order valence-electron chi connectivity index (χ0n) is 14.6. The summed E-state index contributed by atoms with van der Waals surface area (Å²) in [5, 5.41) is 6.21. The number of ether oxygens (including phenoxy) is 1. The van der Waals surface area contributed by atoms with Crippen molar-refractivity contribution in [2.75, 3.05) is 33.4 Å². The van der Waals surface area contributed by atoms with E-state index in [9.17, 15) is 4.79 Å². The summed E-state index contributed by atoms with van der Waals surface area (Å²) >= 11 is 0. The van der Waals surface area contributed by atoms with Crippen molar-refractivity contribution in [1.82, 2.24) is 10.6 Å². The Morgan fingerprint density at radius 1 is 0.920 bits per heavy atom. The van der Waals surface area contributed by atoms with Gasteiger partial charge in [-0.3, -0.25) is 4.79 Å². The van der Waals surface area contributed by atoms with Gasteiger partial charge in [0.05, 0.1) is 6.61 Å². The maximum atomic E-state index is 12.3. The molecular formula is C20H27ClN2O2. The van der Waals surface area contributed by atoms with E-state index >= 15 is 0 Å². The van der Waals surface area contributed by atoms with Crippen LogP contribution in [0.4, 0.5) is 0 Å². The first-order valence-corrected chi connectivity index (χ1v) is 8.37. The van der Waals surface area contributed by atoms with Gasteiger partial charge in [0, 0.05) is 39.1 Å². The molecule has 0 aliphatic heterocycles. The lowest BCUT2D eigenvalue weighted by atomic mass is 9.88. The lowest BCUT2D eigenvalue weighted by molar-refractivity contribution is -0.121. The van der Waals surface area contributed by atoms with E-state index in [0.29, 0.717) is 19.6 Å². The van der Waals surface area contributed by atoms with E-state index in [1.807, 2.05) is 36.4 Å². The molecule has 0 heterocycles. The van der Waals surface area contributed by atoms with E-state index in [1.54, 1.807) is 7.11 Å². The average Bonchev–Trinajstić information content (AvgIpc) is 2.64. The van der Waals surface area contributed by atoms with Crippen molar-refractivity contribution in [1.29, 1.82) is 0 Å². The fourth-order valence-corrected chi connectivity index (χ4v) is 2.65. The molecular weight excluding hydrogens is 336 g/mol. The molecule has 136 valence electrons. The van der Waals surface area contributed by atoms with E-state index in [4.69, 9.17) is 4.74 Å². The predicted octanol–water partition coefficient (Wildman–Crippen LogP) is 2.98. The molecule has 2 aromatic carbocycles. The van der Waals surface area contributed by atoms with E-state index < -0.39 is 0 Å². The number of nitrogens with one attached hydrogen (secondary N) is 2. The smallest absolute Gasteiger partial charge is 0.220 e. The second kappa shape index (κ2) is 12.5. The van der Waals surface area contributed by atoms with Gasteiger partial charge in [0.25, 0.3) is 0 Å². The molecule has 25 heavy (non-hydrogen) atoms. The van der Waals surface area contributed by atoms with Gasteiger partial charge >= 0.3 is 0 Å². The number of rotatable bonds is 10. The van der Waals surface area contributed by atoms with Gasteiger partial charge in [0.2, 0.25) is 5.91 Å². The molecule has 0 radical (unpaired) electrons. The third-order valence-electron chi connectivity index (χ3n) is 3.90. The third kappa shape index (κ3) is 7.69. The second-order valence-electron chi connectivity index (χ2n) is 5.67. The van der Waals surface area contributed by atoms with Crippen molar-refractivity contribution >= 4 is 18.3 Å². The minimum absolute atomic E-state index is 0. The minimum Gasteiger partial charge on any atom is -0.383 e. The topological polar surface area (TPSA) is 50.4 Å². The number of amides is 1. The molecule has 0 aliphatic rings. The predicted molar refractivity (Wildman–Crippen MR) is 104 cm³/mol. The quantitative estimate of drug-likeness (QED) is 0.639. The van der Waals surface area contributed by atoms with Crippen molar-refractivity contribution in [3.63, 3.8) is 0 Å². The fourth-order valence-electron chi connectivity index (χ4n) is 2.65.